The predicted molar refractivity (Wildman–Crippen MR) is 232 cm³/mol. The maximum Gasteiger partial charge on any atom is 0.162 e. The van der Waals surface area contributed by atoms with E-state index in [2.05, 4.69) is 115 Å². The van der Waals surface area contributed by atoms with E-state index in [1.54, 1.807) is 10.4 Å². The number of furan rings is 1. The van der Waals surface area contributed by atoms with Gasteiger partial charge < -0.3 is 9.52 Å². The summed E-state index contributed by atoms with van der Waals surface area (Å²) in [6.07, 6.45) is 6.82. The Balaban J connectivity index is 0.000000347. The smallest absolute Gasteiger partial charge is 0.162 e. The van der Waals surface area contributed by atoms with Gasteiger partial charge in [-0.05, 0) is 44.1 Å². The standard InChI is InChI=1S/C34H38NOSi2.C13H24O2.Ir/c1-22-26-15-16-35-31(25-19-23-11-9-10-12-27(23)28(20-25)34(2,3)4)33(26)36-32(22)24-13-14-29-30(21-24)38(7,8)18-17-37(29,5)6;1-5-10(6-2)12(14)9-13(15)11(7-3)8-4;/h9-16,20-21H,17-18H2,1-8H3;9-11,14H,5-8H2,1-4H3;/q-1;;/b;12-9-;. The van der Waals surface area contributed by atoms with Gasteiger partial charge in [0.15, 0.2) is 5.78 Å². The van der Waals surface area contributed by atoms with E-state index in [0.717, 1.165) is 59.1 Å². The molecule has 0 saturated carbocycles. The molecule has 5 aromatic rings. The van der Waals surface area contributed by atoms with E-state index in [0.29, 0.717) is 0 Å². The van der Waals surface area contributed by atoms with Crippen LogP contribution in [0.25, 0.3) is 44.3 Å². The van der Waals surface area contributed by atoms with E-state index in [4.69, 9.17) is 9.40 Å². The Kier molecular flexibility index (Phi) is 14.0. The van der Waals surface area contributed by atoms with Crippen LogP contribution in [-0.2, 0) is 30.3 Å². The second kappa shape index (κ2) is 17.4. The van der Waals surface area contributed by atoms with Crippen LogP contribution in [0.4, 0.5) is 0 Å². The number of ketones is 1. The van der Waals surface area contributed by atoms with Crippen LogP contribution < -0.4 is 10.4 Å². The van der Waals surface area contributed by atoms with Gasteiger partial charge in [0.1, 0.15) is 11.3 Å². The number of aliphatic hydroxyl groups is 1. The van der Waals surface area contributed by atoms with Crippen molar-refractivity contribution in [3.8, 4) is 22.6 Å². The first-order valence-electron chi connectivity index (χ1n) is 19.9. The Bertz CT molecular complexity index is 2130. The fourth-order valence-electron chi connectivity index (χ4n) is 8.10. The van der Waals surface area contributed by atoms with E-state index in [9.17, 15) is 9.90 Å². The van der Waals surface area contributed by atoms with Gasteiger partial charge in [0, 0.05) is 66.4 Å². The zero-order valence-electron chi connectivity index (χ0n) is 34.8. The van der Waals surface area contributed by atoms with Crippen molar-refractivity contribution in [1.82, 2.24) is 4.98 Å². The summed E-state index contributed by atoms with van der Waals surface area (Å²) in [5.41, 5.74) is 6.41. The van der Waals surface area contributed by atoms with Gasteiger partial charge in [-0.2, -0.15) is 0 Å². The number of aryl methyl sites for hydroxylation is 1. The summed E-state index contributed by atoms with van der Waals surface area (Å²) in [7, 11) is -2.83. The molecule has 7 heteroatoms. The number of allylic oxidation sites excluding steroid dienone is 2. The third kappa shape index (κ3) is 8.96. The van der Waals surface area contributed by atoms with Crippen molar-refractivity contribution in [2.45, 2.75) is 125 Å². The zero-order valence-corrected chi connectivity index (χ0v) is 39.2. The maximum atomic E-state index is 11.7. The van der Waals surface area contributed by atoms with E-state index in [-0.39, 0.29) is 48.9 Å². The number of pyridine rings is 1. The van der Waals surface area contributed by atoms with E-state index in [1.165, 1.54) is 40.2 Å². The van der Waals surface area contributed by atoms with Crippen LogP contribution in [0.5, 0.6) is 0 Å². The molecule has 1 N–H and O–H groups in total. The SMILES string of the molecule is CCC(CC)C(=O)/C=C(\O)C(CC)CC.Cc1c(-c2ccc3c(c2)[Si](C)(C)CC[Si]3(C)C)oc2c(-c3[c-]c4ccccc4c(C(C)(C)C)c3)nccc12.[Ir]. The molecule has 2 aromatic heterocycles. The van der Waals surface area contributed by atoms with Crippen LogP contribution in [0.1, 0.15) is 85.3 Å². The number of benzene rings is 3. The van der Waals surface area contributed by atoms with Gasteiger partial charge in [0.2, 0.25) is 0 Å². The predicted octanol–water partition coefficient (Wildman–Crippen LogP) is 12.4. The molecule has 1 radical (unpaired) electrons. The molecule has 0 spiro atoms. The molecule has 0 aliphatic carbocycles. The Hall–Kier alpha value is -3.10. The summed E-state index contributed by atoms with van der Waals surface area (Å²) in [5.74, 6) is 1.52. The Morgan fingerprint density at radius 2 is 1.48 bits per heavy atom. The van der Waals surface area contributed by atoms with E-state index < -0.39 is 16.1 Å². The minimum Gasteiger partial charge on any atom is -0.512 e. The van der Waals surface area contributed by atoms with Crippen molar-refractivity contribution in [2.24, 2.45) is 11.8 Å². The molecule has 54 heavy (non-hydrogen) atoms. The van der Waals surface area contributed by atoms with Gasteiger partial charge in [-0.25, -0.2) is 0 Å². The zero-order chi connectivity index (χ0) is 38.9. The maximum absolute atomic E-state index is 11.7. The molecule has 1 aliphatic rings. The number of carbonyl (C=O) groups is 1. The summed E-state index contributed by atoms with van der Waals surface area (Å²) >= 11 is 0. The van der Waals surface area contributed by atoms with Crippen LogP contribution in [0.2, 0.25) is 38.3 Å². The largest absolute Gasteiger partial charge is 0.512 e. The summed E-state index contributed by atoms with van der Waals surface area (Å²) in [5, 5.41) is 16.6. The average Bonchev–Trinajstić information content (AvgIpc) is 3.46. The average molecular weight is 937 g/mol. The first-order valence-corrected chi connectivity index (χ1v) is 26.3. The molecule has 4 nitrogen and oxygen atoms in total. The topological polar surface area (TPSA) is 63.3 Å². The van der Waals surface area contributed by atoms with Crippen molar-refractivity contribution in [1.29, 1.82) is 0 Å². The van der Waals surface area contributed by atoms with E-state index >= 15 is 0 Å². The number of hydrogen-bond donors (Lipinski definition) is 1. The van der Waals surface area contributed by atoms with Gasteiger partial charge in [-0.1, -0.05) is 144 Å². The fraction of sp³-hybridized carbons (Fsp3) is 0.447. The third-order valence-electron chi connectivity index (χ3n) is 11.9. The van der Waals surface area contributed by atoms with Gasteiger partial charge >= 0.3 is 0 Å². The summed E-state index contributed by atoms with van der Waals surface area (Å²) < 4.78 is 6.76. The monoisotopic (exact) mass is 937 g/mol. The molecule has 0 fully saturated rings. The summed E-state index contributed by atoms with van der Waals surface area (Å²) in [6, 6.07) is 26.6. The minimum absolute atomic E-state index is 0. The molecule has 0 atom stereocenters. The Morgan fingerprint density at radius 1 is 0.870 bits per heavy atom. The first kappa shape index (κ1) is 43.6. The number of nitrogens with zero attached hydrogens (tertiary/aromatic N) is 1. The van der Waals surface area contributed by atoms with Gasteiger partial charge in [0.05, 0.1) is 21.9 Å². The van der Waals surface area contributed by atoms with Crippen molar-refractivity contribution in [3.05, 3.63) is 89.8 Å². The molecule has 291 valence electrons. The van der Waals surface area contributed by atoms with E-state index in [1.807, 2.05) is 33.9 Å². The number of aromatic nitrogens is 1. The molecule has 0 bridgehead atoms. The Labute approximate surface area is 340 Å². The molecular formula is C47H62IrNO3Si2-. The van der Waals surface area contributed by atoms with Crippen LogP contribution in [0, 0.1) is 24.8 Å². The van der Waals surface area contributed by atoms with Crippen LogP contribution >= 0.6 is 0 Å². The number of rotatable bonds is 9. The van der Waals surface area contributed by atoms with Crippen molar-refractivity contribution in [2.75, 3.05) is 0 Å². The normalized spacial score (nSPS) is 15.2. The number of hydrogen-bond acceptors (Lipinski definition) is 4. The molecular weight excluding hydrogens is 875 g/mol. The number of aliphatic hydroxyl groups excluding tert-OH is 1. The third-order valence-corrected chi connectivity index (χ3v) is 19.4. The quantitative estimate of drug-likeness (QED) is 0.0692. The Morgan fingerprint density at radius 3 is 2.09 bits per heavy atom. The summed E-state index contributed by atoms with van der Waals surface area (Å²) in [4.78, 5) is 16.6. The van der Waals surface area contributed by atoms with Crippen LogP contribution in [0.15, 0.2) is 77.0 Å². The molecule has 1 aliphatic heterocycles. The number of carbonyl (C=O) groups excluding carboxylic acids is 1. The van der Waals surface area contributed by atoms with Crippen LogP contribution in [-0.4, -0.2) is 32.0 Å². The van der Waals surface area contributed by atoms with Gasteiger partial charge in [0.25, 0.3) is 0 Å². The van der Waals surface area contributed by atoms with Crippen molar-refractivity contribution in [3.63, 3.8) is 0 Å². The minimum atomic E-state index is -1.46. The molecule has 0 saturated heterocycles. The molecule has 6 rings (SSSR count). The van der Waals surface area contributed by atoms with Gasteiger partial charge in [-0.15, -0.1) is 29.1 Å². The molecule has 0 unspecified atom stereocenters. The number of fused-ring (bicyclic) bond motifs is 3. The van der Waals surface area contributed by atoms with Gasteiger partial charge in [-0.3, -0.25) is 9.78 Å². The molecule has 3 heterocycles. The first-order chi connectivity index (χ1) is 25.0. The van der Waals surface area contributed by atoms with Crippen molar-refractivity contribution >= 4 is 54.0 Å². The van der Waals surface area contributed by atoms with Crippen molar-refractivity contribution < 1.29 is 34.4 Å². The molecule has 0 amide bonds. The molecule has 3 aromatic carbocycles. The summed E-state index contributed by atoms with van der Waals surface area (Å²) in [6.45, 7) is 27.2. The fourth-order valence-corrected chi connectivity index (χ4v) is 18.4. The second-order valence-corrected chi connectivity index (χ2v) is 27.1. The van der Waals surface area contributed by atoms with Crippen LogP contribution in [0.3, 0.4) is 0 Å². The second-order valence-electron chi connectivity index (χ2n) is 17.5.